The first-order chi connectivity index (χ1) is 14.0. The number of halogens is 1. The Hall–Kier alpha value is -3.26. The molecule has 2 N–H and O–H groups in total. The van der Waals surface area contributed by atoms with Gasteiger partial charge in [0.05, 0.1) is 18.7 Å². The van der Waals surface area contributed by atoms with Crippen LogP contribution < -0.4 is 15.4 Å². The van der Waals surface area contributed by atoms with Crippen molar-refractivity contribution in [1.82, 2.24) is 15.3 Å². The van der Waals surface area contributed by atoms with Crippen LogP contribution in [-0.4, -0.2) is 21.8 Å². The number of nitrogens with zero attached hydrogens (tertiary/aromatic N) is 2. The molecule has 2 amide bonds. The first kappa shape index (κ1) is 20.5. The van der Waals surface area contributed by atoms with E-state index in [0.29, 0.717) is 17.3 Å². The Morgan fingerprint density at radius 1 is 1.14 bits per heavy atom. The van der Waals surface area contributed by atoms with Crippen molar-refractivity contribution in [3.05, 3.63) is 77.2 Å². The fourth-order valence-corrected chi connectivity index (χ4v) is 2.95. The molecule has 1 atom stereocenters. The predicted octanol–water partition coefficient (Wildman–Crippen LogP) is 4.24. The normalized spacial score (nSPS) is 11.4. The van der Waals surface area contributed by atoms with Gasteiger partial charge in [-0.2, -0.15) is 0 Å². The molecule has 1 aromatic heterocycles. The van der Waals surface area contributed by atoms with E-state index in [1.165, 1.54) is 19.3 Å². The molecule has 0 saturated carbocycles. The van der Waals surface area contributed by atoms with E-state index in [-0.39, 0.29) is 18.2 Å². The van der Waals surface area contributed by atoms with Gasteiger partial charge in [0.1, 0.15) is 5.75 Å². The van der Waals surface area contributed by atoms with Crippen LogP contribution in [0.3, 0.4) is 0 Å². The van der Waals surface area contributed by atoms with Gasteiger partial charge in [0.15, 0.2) is 0 Å². The summed E-state index contributed by atoms with van der Waals surface area (Å²) in [5, 5.41) is 5.66. The molecule has 0 fully saturated rings. The number of carbonyl (C=O) groups is 2. The second-order valence-electron chi connectivity index (χ2n) is 6.23. The van der Waals surface area contributed by atoms with Gasteiger partial charge >= 0.3 is 0 Å². The number of aromatic nitrogens is 2. The maximum atomic E-state index is 12.6. The van der Waals surface area contributed by atoms with E-state index in [0.717, 1.165) is 10.0 Å². The van der Waals surface area contributed by atoms with Gasteiger partial charge in [0, 0.05) is 35.5 Å². The van der Waals surface area contributed by atoms with Crippen LogP contribution in [-0.2, 0) is 9.59 Å². The van der Waals surface area contributed by atoms with Crippen LogP contribution in [0, 0.1) is 0 Å². The molecule has 0 spiro atoms. The fourth-order valence-electron chi connectivity index (χ4n) is 2.69. The molecule has 0 bridgehead atoms. The standard InChI is InChI=1S/C21H19BrN4O3/c1-14(27)25-19(15-5-7-16(22)8-6-15)12-20(28)26-17-3-2-4-18(11-17)29-21-13-23-9-10-24-21/h2-11,13,19H,12H2,1H3,(H,25,27)(H,26,28). The molecule has 0 radical (unpaired) electrons. The highest BCUT2D eigenvalue weighted by atomic mass is 79.9. The number of hydrogen-bond acceptors (Lipinski definition) is 5. The van der Waals surface area contributed by atoms with Crippen molar-refractivity contribution in [2.45, 2.75) is 19.4 Å². The number of nitrogens with one attached hydrogen (secondary N) is 2. The van der Waals surface area contributed by atoms with E-state index in [1.807, 2.05) is 24.3 Å². The lowest BCUT2D eigenvalue weighted by atomic mass is 10.0. The van der Waals surface area contributed by atoms with Crippen molar-refractivity contribution < 1.29 is 14.3 Å². The topological polar surface area (TPSA) is 93.2 Å². The zero-order valence-electron chi connectivity index (χ0n) is 15.6. The number of benzene rings is 2. The Kier molecular flexibility index (Phi) is 6.91. The summed E-state index contributed by atoms with van der Waals surface area (Å²) >= 11 is 3.38. The quantitative estimate of drug-likeness (QED) is 0.556. The minimum atomic E-state index is -0.431. The zero-order chi connectivity index (χ0) is 20.6. The van der Waals surface area contributed by atoms with Crippen molar-refractivity contribution in [3.8, 4) is 11.6 Å². The van der Waals surface area contributed by atoms with Gasteiger partial charge in [-0.25, -0.2) is 4.98 Å². The molecule has 0 aliphatic heterocycles. The van der Waals surface area contributed by atoms with Gasteiger partial charge < -0.3 is 15.4 Å². The van der Waals surface area contributed by atoms with Gasteiger partial charge in [0.2, 0.25) is 17.7 Å². The molecule has 29 heavy (non-hydrogen) atoms. The molecule has 2 aromatic carbocycles. The van der Waals surface area contributed by atoms with Crippen LogP contribution >= 0.6 is 15.9 Å². The third kappa shape index (κ3) is 6.39. The number of hydrogen-bond donors (Lipinski definition) is 2. The third-order valence-corrected chi connectivity index (χ3v) is 4.45. The lowest BCUT2D eigenvalue weighted by molar-refractivity contribution is -0.120. The molecule has 7 nitrogen and oxygen atoms in total. The van der Waals surface area contributed by atoms with Crippen LogP contribution in [0.1, 0.15) is 24.9 Å². The lowest BCUT2D eigenvalue weighted by Crippen LogP contribution is -2.29. The highest BCUT2D eigenvalue weighted by molar-refractivity contribution is 9.10. The van der Waals surface area contributed by atoms with E-state index in [2.05, 4.69) is 36.5 Å². The SMILES string of the molecule is CC(=O)NC(CC(=O)Nc1cccc(Oc2cnccn2)c1)c1ccc(Br)cc1. The summed E-state index contributed by atoms with van der Waals surface area (Å²) in [4.78, 5) is 32.2. The van der Waals surface area contributed by atoms with Crippen LogP contribution in [0.5, 0.6) is 11.6 Å². The van der Waals surface area contributed by atoms with Crippen LogP contribution in [0.15, 0.2) is 71.6 Å². The molecule has 0 aliphatic carbocycles. The summed E-state index contributed by atoms with van der Waals surface area (Å²) in [6, 6.07) is 14.0. The van der Waals surface area contributed by atoms with E-state index in [4.69, 9.17) is 4.74 Å². The van der Waals surface area contributed by atoms with Crippen molar-refractivity contribution in [2.75, 3.05) is 5.32 Å². The summed E-state index contributed by atoms with van der Waals surface area (Å²) < 4.78 is 6.55. The zero-order valence-corrected chi connectivity index (χ0v) is 17.2. The van der Waals surface area contributed by atoms with Gasteiger partial charge in [-0.05, 0) is 29.8 Å². The minimum Gasteiger partial charge on any atom is -0.437 e. The third-order valence-electron chi connectivity index (χ3n) is 3.92. The van der Waals surface area contributed by atoms with E-state index in [1.54, 1.807) is 30.5 Å². The van der Waals surface area contributed by atoms with Gasteiger partial charge in [-0.15, -0.1) is 0 Å². The Labute approximate surface area is 176 Å². The Morgan fingerprint density at radius 3 is 2.62 bits per heavy atom. The molecule has 1 heterocycles. The van der Waals surface area contributed by atoms with E-state index in [9.17, 15) is 9.59 Å². The number of ether oxygens (including phenoxy) is 1. The summed E-state index contributed by atoms with van der Waals surface area (Å²) in [6.45, 7) is 1.43. The minimum absolute atomic E-state index is 0.0937. The maximum absolute atomic E-state index is 12.6. The number of amides is 2. The van der Waals surface area contributed by atoms with Crippen molar-refractivity contribution in [3.63, 3.8) is 0 Å². The van der Waals surface area contributed by atoms with Gasteiger partial charge in [-0.1, -0.05) is 34.1 Å². The number of rotatable bonds is 7. The second kappa shape index (κ2) is 9.79. The lowest BCUT2D eigenvalue weighted by Gasteiger charge is -2.18. The molecular formula is C21H19BrN4O3. The first-order valence-electron chi connectivity index (χ1n) is 8.86. The summed E-state index contributed by atoms with van der Waals surface area (Å²) in [6.07, 6.45) is 4.68. The van der Waals surface area contributed by atoms with E-state index >= 15 is 0 Å². The average molecular weight is 455 g/mol. The van der Waals surface area contributed by atoms with E-state index < -0.39 is 6.04 Å². The average Bonchev–Trinajstić information content (AvgIpc) is 2.69. The Balaban J connectivity index is 1.67. The molecule has 0 saturated heterocycles. The molecule has 148 valence electrons. The van der Waals surface area contributed by atoms with Crippen LogP contribution in [0.4, 0.5) is 5.69 Å². The highest BCUT2D eigenvalue weighted by Gasteiger charge is 2.17. The molecule has 8 heteroatoms. The largest absolute Gasteiger partial charge is 0.437 e. The molecule has 3 aromatic rings. The molecule has 0 aliphatic rings. The maximum Gasteiger partial charge on any atom is 0.237 e. The molecule has 3 rings (SSSR count). The van der Waals surface area contributed by atoms with Gasteiger partial charge in [-0.3, -0.25) is 14.6 Å². The van der Waals surface area contributed by atoms with Crippen LogP contribution in [0.2, 0.25) is 0 Å². The Morgan fingerprint density at radius 2 is 1.93 bits per heavy atom. The van der Waals surface area contributed by atoms with Crippen molar-refractivity contribution in [2.24, 2.45) is 0 Å². The summed E-state index contributed by atoms with van der Waals surface area (Å²) in [5.41, 5.74) is 1.42. The second-order valence-corrected chi connectivity index (χ2v) is 7.15. The Bertz CT molecular complexity index is 981. The molecular weight excluding hydrogens is 436 g/mol. The fraction of sp³-hybridized carbons (Fsp3) is 0.143. The van der Waals surface area contributed by atoms with Crippen molar-refractivity contribution >= 4 is 33.4 Å². The predicted molar refractivity (Wildman–Crippen MR) is 112 cm³/mol. The number of carbonyl (C=O) groups excluding carboxylic acids is 2. The summed E-state index contributed by atoms with van der Waals surface area (Å²) in [5.74, 6) is 0.444. The van der Waals surface area contributed by atoms with Crippen molar-refractivity contribution in [1.29, 1.82) is 0 Å². The highest BCUT2D eigenvalue weighted by Crippen LogP contribution is 2.24. The number of anilines is 1. The summed E-state index contributed by atoms with van der Waals surface area (Å²) in [7, 11) is 0. The van der Waals surface area contributed by atoms with Crippen LogP contribution in [0.25, 0.3) is 0 Å². The molecule has 1 unspecified atom stereocenters. The first-order valence-corrected chi connectivity index (χ1v) is 9.65. The monoisotopic (exact) mass is 454 g/mol. The van der Waals surface area contributed by atoms with Gasteiger partial charge in [0.25, 0.3) is 0 Å². The smallest absolute Gasteiger partial charge is 0.237 e.